The summed E-state index contributed by atoms with van der Waals surface area (Å²) in [6.07, 6.45) is 9.36. The molecule has 0 amide bonds. The SMILES string of the molecule is CCCC1CCCC(NCC)(c2nc(C)c(C)s2)CC1. The van der Waals surface area contributed by atoms with Crippen LogP contribution in [-0.4, -0.2) is 11.5 Å². The molecule has 1 aliphatic carbocycles. The van der Waals surface area contributed by atoms with Crippen LogP contribution in [0.2, 0.25) is 0 Å². The lowest BCUT2D eigenvalue weighted by Crippen LogP contribution is -2.42. The summed E-state index contributed by atoms with van der Waals surface area (Å²) < 4.78 is 0. The maximum absolute atomic E-state index is 4.89. The first-order valence-corrected chi connectivity index (χ1v) is 9.12. The van der Waals surface area contributed by atoms with Crippen molar-refractivity contribution in [2.45, 2.75) is 78.2 Å². The molecule has 1 N–H and O–H groups in total. The third-order valence-electron chi connectivity index (χ3n) is 4.85. The molecule has 20 heavy (non-hydrogen) atoms. The van der Waals surface area contributed by atoms with E-state index in [1.54, 1.807) is 0 Å². The molecule has 1 aliphatic rings. The van der Waals surface area contributed by atoms with Gasteiger partial charge in [-0.15, -0.1) is 11.3 Å². The minimum absolute atomic E-state index is 0.154. The molecule has 1 heterocycles. The van der Waals surface area contributed by atoms with Gasteiger partial charge in [0.25, 0.3) is 0 Å². The van der Waals surface area contributed by atoms with E-state index in [4.69, 9.17) is 4.98 Å². The highest BCUT2D eigenvalue weighted by atomic mass is 32.1. The zero-order chi connectivity index (χ0) is 14.6. The summed E-state index contributed by atoms with van der Waals surface area (Å²) >= 11 is 1.91. The number of hydrogen-bond donors (Lipinski definition) is 1. The standard InChI is InChI=1S/C17H30N2S/c1-5-8-15-9-7-11-17(12-10-15,18-6-2)16-19-13(3)14(4)20-16/h15,18H,5-12H2,1-4H3. The van der Waals surface area contributed by atoms with Crippen molar-refractivity contribution >= 4 is 11.3 Å². The van der Waals surface area contributed by atoms with E-state index in [2.05, 4.69) is 33.0 Å². The monoisotopic (exact) mass is 294 g/mol. The number of thiazole rings is 1. The van der Waals surface area contributed by atoms with Crippen molar-refractivity contribution in [3.63, 3.8) is 0 Å². The highest BCUT2D eigenvalue weighted by Gasteiger charge is 2.36. The van der Waals surface area contributed by atoms with Crippen LogP contribution in [0.3, 0.4) is 0 Å². The number of rotatable bonds is 5. The zero-order valence-electron chi connectivity index (χ0n) is 13.6. The Labute approximate surface area is 128 Å². The predicted octanol–water partition coefficient (Wildman–Crippen LogP) is 4.95. The first-order valence-electron chi connectivity index (χ1n) is 8.31. The average Bonchev–Trinajstić information content (AvgIpc) is 2.63. The van der Waals surface area contributed by atoms with Gasteiger partial charge in [0.2, 0.25) is 0 Å². The zero-order valence-corrected chi connectivity index (χ0v) is 14.4. The minimum Gasteiger partial charge on any atom is -0.306 e. The topological polar surface area (TPSA) is 24.9 Å². The Morgan fingerprint density at radius 1 is 1.25 bits per heavy atom. The Kier molecular flexibility index (Phi) is 5.62. The van der Waals surface area contributed by atoms with Crippen LogP contribution in [-0.2, 0) is 5.54 Å². The minimum atomic E-state index is 0.154. The molecule has 1 fully saturated rings. The number of aromatic nitrogens is 1. The fourth-order valence-corrected chi connectivity index (χ4v) is 4.73. The number of nitrogens with zero attached hydrogens (tertiary/aromatic N) is 1. The lowest BCUT2D eigenvalue weighted by Gasteiger charge is -2.32. The van der Waals surface area contributed by atoms with E-state index in [0.29, 0.717) is 0 Å². The molecule has 0 aromatic carbocycles. The molecule has 1 aromatic rings. The largest absolute Gasteiger partial charge is 0.306 e. The first kappa shape index (κ1) is 16.0. The number of hydrogen-bond acceptors (Lipinski definition) is 3. The molecule has 0 bridgehead atoms. The molecule has 1 aromatic heterocycles. The molecule has 2 nitrogen and oxygen atoms in total. The van der Waals surface area contributed by atoms with Gasteiger partial charge < -0.3 is 5.32 Å². The quantitative estimate of drug-likeness (QED) is 0.778. The highest BCUT2D eigenvalue weighted by Crippen LogP contribution is 2.41. The van der Waals surface area contributed by atoms with Crippen LogP contribution in [0, 0.1) is 19.8 Å². The number of nitrogens with one attached hydrogen (secondary N) is 1. The molecular formula is C17H30N2S. The Morgan fingerprint density at radius 3 is 2.65 bits per heavy atom. The molecule has 1 saturated carbocycles. The van der Waals surface area contributed by atoms with E-state index in [1.165, 1.54) is 60.5 Å². The van der Waals surface area contributed by atoms with E-state index < -0.39 is 0 Å². The lowest BCUT2D eigenvalue weighted by molar-refractivity contribution is 0.289. The Morgan fingerprint density at radius 2 is 2.05 bits per heavy atom. The van der Waals surface area contributed by atoms with Crippen LogP contribution in [0.25, 0.3) is 0 Å². The predicted molar refractivity (Wildman–Crippen MR) is 88.4 cm³/mol. The average molecular weight is 295 g/mol. The normalized spacial score (nSPS) is 27.5. The van der Waals surface area contributed by atoms with Crippen molar-refractivity contribution < 1.29 is 0 Å². The Hall–Kier alpha value is -0.410. The van der Waals surface area contributed by atoms with Gasteiger partial charge in [-0.1, -0.05) is 39.5 Å². The van der Waals surface area contributed by atoms with Crippen LogP contribution >= 0.6 is 11.3 Å². The Balaban J connectivity index is 2.21. The lowest BCUT2D eigenvalue weighted by atomic mass is 9.89. The Bertz CT molecular complexity index is 407. The fraction of sp³-hybridized carbons (Fsp3) is 0.824. The van der Waals surface area contributed by atoms with E-state index in [9.17, 15) is 0 Å². The van der Waals surface area contributed by atoms with Crippen molar-refractivity contribution in [3.8, 4) is 0 Å². The van der Waals surface area contributed by atoms with Crippen LogP contribution < -0.4 is 5.32 Å². The second-order valence-corrected chi connectivity index (χ2v) is 7.56. The molecule has 3 heteroatoms. The molecular weight excluding hydrogens is 264 g/mol. The molecule has 114 valence electrons. The van der Waals surface area contributed by atoms with Gasteiger partial charge in [0, 0.05) is 4.88 Å². The molecule has 0 saturated heterocycles. The van der Waals surface area contributed by atoms with Crippen LogP contribution in [0.1, 0.15) is 74.4 Å². The van der Waals surface area contributed by atoms with Crippen molar-refractivity contribution in [1.29, 1.82) is 0 Å². The van der Waals surface area contributed by atoms with Crippen molar-refractivity contribution in [3.05, 3.63) is 15.6 Å². The first-order chi connectivity index (χ1) is 9.61. The maximum atomic E-state index is 4.89. The van der Waals surface area contributed by atoms with E-state index in [1.807, 2.05) is 11.3 Å². The van der Waals surface area contributed by atoms with E-state index in [0.717, 1.165) is 12.5 Å². The van der Waals surface area contributed by atoms with Gasteiger partial charge in [-0.05, 0) is 45.6 Å². The van der Waals surface area contributed by atoms with Gasteiger partial charge in [0.1, 0.15) is 5.01 Å². The third kappa shape index (κ3) is 3.43. The van der Waals surface area contributed by atoms with Gasteiger partial charge in [-0.2, -0.15) is 0 Å². The highest BCUT2D eigenvalue weighted by molar-refractivity contribution is 7.11. The maximum Gasteiger partial charge on any atom is 0.113 e. The molecule has 2 atom stereocenters. The summed E-state index contributed by atoms with van der Waals surface area (Å²) in [5.74, 6) is 0.933. The second-order valence-electron chi connectivity index (χ2n) is 6.36. The summed E-state index contributed by atoms with van der Waals surface area (Å²) in [4.78, 5) is 6.27. The smallest absolute Gasteiger partial charge is 0.113 e. The van der Waals surface area contributed by atoms with Gasteiger partial charge >= 0.3 is 0 Å². The molecule has 0 spiro atoms. The van der Waals surface area contributed by atoms with Crippen LogP contribution in [0.15, 0.2) is 0 Å². The fourth-order valence-electron chi connectivity index (χ4n) is 3.59. The van der Waals surface area contributed by atoms with Crippen LogP contribution in [0.4, 0.5) is 0 Å². The third-order valence-corrected chi connectivity index (χ3v) is 6.12. The van der Waals surface area contributed by atoms with Gasteiger partial charge in [0.15, 0.2) is 0 Å². The second kappa shape index (κ2) is 7.04. The van der Waals surface area contributed by atoms with Gasteiger partial charge in [-0.3, -0.25) is 0 Å². The molecule has 2 rings (SSSR count). The van der Waals surface area contributed by atoms with Crippen LogP contribution in [0.5, 0.6) is 0 Å². The van der Waals surface area contributed by atoms with Gasteiger partial charge in [0.05, 0.1) is 11.2 Å². The van der Waals surface area contributed by atoms with Crippen molar-refractivity contribution in [2.75, 3.05) is 6.54 Å². The summed E-state index contributed by atoms with van der Waals surface area (Å²) in [7, 11) is 0. The molecule has 0 radical (unpaired) electrons. The summed E-state index contributed by atoms with van der Waals surface area (Å²) in [6, 6.07) is 0. The van der Waals surface area contributed by atoms with Crippen molar-refractivity contribution in [1.82, 2.24) is 10.3 Å². The molecule has 0 aliphatic heterocycles. The van der Waals surface area contributed by atoms with Gasteiger partial charge in [-0.25, -0.2) is 4.98 Å². The summed E-state index contributed by atoms with van der Waals surface area (Å²) in [6.45, 7) is 9.92. The van der Waals surface area contributed by atoms with E-state index in [-0.39, 0.29) is 5.54 Å². The summed E-state index contributed by atoms with van der Waals surface area (Å²) in [5, 5.41) is 5.14. The molecule has 2 unspecified atom stereocenters. The van der Waals surface area contributed by atoms with Crippen molar-refractivity contribution in [2.24, 2.45) is 5.92 Å². The van der Waals surface area contributed by atoms with E-state index >= 15 is 0 Å². The summed E-state index contributed by atoms with van der Waals surface area (Å²) in [5.41, 5.74) is 1.37. The number of aryl methyl sites for hydroxylation is 2.